The highest BCUT2D eigenvalue weighted by Gasteiger charge is 2.34. The van der Waals surface area contributed by atoms with E-state index in [2.05, 4.69) is 26.2 Å². The highest BCUT2D eigenvalue weighted by atomic mass is 79.9. The van der Waals surface area contributed by atoms with Gasteiger partial charge in [-0.1, -0.05) is 36.4 Å². The number of rotatable bonds is 5. The smallest absolute Gasteiger partial charge is 0.293 e. The zero-order valence-corrected chi connectivity index (χ0v) is 17.8. The first kappa shape index (κ1) is 20.4. The van der Waals surface area contributed by atoms with Crippen molar-refractivity contribution in [3.8, 4) is 0 Å². The van der Waals surface area contributed by atoms with Gasteiger partial charge in [-0.05, 0) is 45.9 Å². The van der Waals surface area contributed by atoms with Crippen LogP contribution >= 0.6 is 27.7 Å². The van der Waals surface area contributed by atoms with Crippen LogP contribution in [0, 0.1) is 5.82 Å². The van der Waals surface area contributed by atoms with Crippen LogP contribution in [0.4, 0.5) is 9.18 Å². The van der Waals surface area contributed by atoms with Crippen molar-refractivity contribution in [2.24, 2.45) is 0 Å². The van der Waals surface area contributed by atoms with Crippen LogP contribution in [-0.4, -0.2) is 40.0 Å². The summed E-state index contributed by atoms with van der Waals surface area (Å²) in [6, 6.07) is 13.5. The van der Waals surface area contributed by atoms with E-state index in [0.29, 0.717) is 10.2 Å². The van der Waals surface area contributed by atoms with E-state index in [1.165, 1.54) is 18.2 Å². The third-order valence-corrected chi connectivity index (χ3v) is 6.29. The molecule has 0 bridgehead atoms. The van der Waals surface area contributed by atoms with Gasteiger partial charge in [0.25, 0.3) is 17.1 Å². The Balaban J connectivity index is 1.40. The lowest BCUT2D eigenvalue weighted by Gasteiger charge is -2.12. The molecule has 2 aromatic carbocycles. The number of halogens is 2. The number of imide groups is 1. The van der Waals surface area contributed by atoms with Crippen molar-refractivity contribution in [2.75, 3.05) is 13.1 Å². The summed E-state index contributed by atoms with van der Waals surface area (Å²) >= 11 is 4.17. The number of hydrogen-bond donors (Lipinski definition) is 2. The maximum atomic E-state index is 13.8. The number of carbonyl (C=O) groups is 3. The molecule has 4 rings (SSSR count). The molecule has 1 aliphatic rings. The molecular weight excluding hydrogens is 473 g/mol. The molecule has 0 unspecified atom stereocenters. The fraction of sp³-hybridized carbons (Fsp3) is 0.0952. The SMILES string of the molecule is O=C(NCCN1C(=O)S/C(=C\c2ccccc2F)C1=O)c1[nH]c2ccccc2c1Br. The maximum absolute atomic E-state index is 13.8. The number of amides is 3. The van der Waals surface area contributed by atoms with Gasteiger partial charge in [-0.3, -0.25) is 19.3 Å². The molecule has 0 aliphatic carbocycles. The normalized spacial score (nSPS) is 15.4. The lowest BCUT2D eigenvalue weighted by molar-refractivity contribution is -0.122. The van der Waals surface area contributed by atoms with Crippen LogP contribution in [0.3, 0.4) is 0 Å². The summed E-state index contributed by atoms with van der Waals surface area (Å²) in [6.07, 6.45) is 1.36. The number of fused-ring (bicyclic) bond motifs is 1. The highest BCUT2D eigenvalue weighted by molar-refractivity contribution is 9.10. The number of aromatic amines is 1. The standard InChI is InChI=1S/C21H15BrFN3O3S/c22-17-13-6-2-4-8-15(13)25-18(17)19(27)24-9-10-26-20(28)16(30-21(26)29)11-12-5-1-3-7-14(12)23/h1-8,11,25H,9-10H2,(H,24,27)/b16-11-. The molecule has 0 spiro atoms. The minimum atomic E-state index is -0.505. The van der Waals surface area contributed by atoms with Gasteiger partial charge in [0.15, 0.2) is 0 Å². The third-order valence-electron chi connectivity index (χ3n) is 4.56. The number of thioether (sulfide) groups is 1. The van der Waals surface area contributed by atoms with Crippen molar-refractivity contribution < 1.29 is 18.8 Å². The van der Waals surface area contributed by atoms with Gasteiger partial charge >= 0.3 is 0 Å². The van der Waals surface area contributed by atoms with Crippen molar-refractivity contribution in [3.05, 3.63) is 75.0 Å². The van der Waals surface area contributed by atoms with Crippen molar-refractivity contribution in [1.82, 2.24) is 15.2 Å². The van der Waals surface area contributed by atoms with E-state index in [-0.39, 0.29) is 29.5 Å². The molecule has 0 atom stereocenters. The number of carbonyl (C=O) groups excluding carboxylic acids is 3. The summed E-state index contributed by atoms with van der Waals surface area (Å²) in [7, 11) is 0. The van der Waals surface area contributed by atoms with Crippen molar-refractivity contribution in [3.63, 3.8) is 0 Å². The number of para-hydroxylation sites is 1. The quantitative estimate of drug-likeness (QED) is 0.517. The first-order chi connectivity index (χ1) is 14.5. The monoisotopic (exact) mass is 487 g/mol. The first-order valence-electron chi connectivity index (χ1n) is 9.00. The van der Waals surface area contributed by atoms with Gasteiger partial charge in [0, 0.05) is 29.6 Å². The van der Waals surface area contributed by atoms with Crippen LogP contribution in [0.15, 0.2) is 57.9 Å². The molecule has 0 saturated carbocycles. The Morgan fingerprint density at radius 3 is 2.67 bits per heavy atom. The van der Waals surface area contributed by atoms with Gasteiger partial charge in [-0.15, -0.1) is 0 Å². The molecular formula is C21H15BrFN3O3S. The largest absolute Gasteiger partial charge is 0.350 e. The number of hydrogen-bond acceptors (Lipinski definition) is 4. The molecule has 3 aromatic rings. The van der Waals surface area contributed by atoms with E-state index >= 15 is 0 Å². The van der Waals surface area contributed by atoms with Gasteiger partial charge in [-0.25, -0.2) is 4.39 Å². The Labute approximate surface area is 183 Å². The molecule has 1 aromatic heterocycles. The summed E-state index contributed by atoms with van der Waals surface area (Å²) in [6.45, 7) is 0.106. The summed E-state index contributed by atoms with van der Waals surface area (Å²) in [5, 5.41) is 3.13. The van der Waals surface area contributed by atoms with E-state index in [0.717, 1.165) is 27.6 Å². The summed E-state index contributed by atoms with van der Waals surface area (Å²) < 4.78 is 14.5. The number of aromatic nitrogens is 1. The van der Waals surface area contributed by atoms with E-state index in [1.54, 1.807) is 12.1 Å². The van der Waals surface area contributed by atoms with Crippen LogP contribution in [0.2, 0.25) is 0 Å². The fourth-order valence-electron chi connectivity index (χ4n) is 3.06. The molecule has 1 fully saturated rings. The molecule has 1 saturated heterocycles. The zero-order chi connectivity index (χ0) is 21.3. The summed E-state index contributed by atoms with van der Waals surface area (Å²) in [4.78, 5) is 41.4. The van der Waals surface area contributed by atoms with E-state index in [1.807, 2.05) is 24.3 Å². The predicted octanol–water partition coefficient (Wildman–Crippen LogP) is 4.54. The molecule has 2 heterocycles. The average molecular weight is 488 g/mol. The number of nitrogens with zero attached hydrogens (tertiary/aromatic N) is 1. The fourth-order valence-corrected chi connectivity index (χ4v) is 4.54. The van der Waals surface area contributed by atoms with Gasteiger partial charge < -0.3 is 10.3 Å². The van der Waals surface area contributed by atoms with Crippen molar-refractivity contribution >= 4 is 61.7 Å². The third kappa shape index (κ3) is 3.90. The Morgan fingerprint density at radius 1 is 1.17 bits per heavy atom. The maximum Gasteiger partial charge on any atom is 0.293 e. The average Bonchev–Trinajstić information content (AvgIpc) is 3.21. The Bertz CT molecular complexity index is 1210. The summed E-state index contributed by atoms with van der Waals surface area (Å²) in [5.74, 6) is -1.33. The minimum Gasteiger partial charge on any atom is -0.350 e. The molecule has 1 aliphatic heterocycles. The number of H-pyrrole nitrogens is 1. The molecule has 30 heavy (non-hydrogen) atoms. The highest BCUT2D eigenvalue weighted by Crippen LogP contribution is 2.32. The molecule has 0 radical (unpaired) electrons. The van der Waals surface area contributed by atoms with E-state index in [9.17, 15) is 18.8 Å². The topological polar surface area (TPSA) is 82.3 Å². The second-order valence-electron chi connectivity index (χ2n) is 6.47. The minimum absolute atomic E-state index is 0.0167. The molecule has 9 heteroatoms. The van der Waals surface area contributed by atoms with Gasteiger partial charge in [0.05, 0.1) is 9.38 Å². The second-order valence-corrected chi connectivity index (χ2v) is 8.26. The van der Waals surface area contributed by atoms with Crippen LogP contribution in [-0.2, 0) is 4.79 Å². The second kappa shape index (κ2) is 8.45. The molecule has 152 valence electrons. The number of benzene rings is 2. The van der Waals surface area contributed by atoms with Crippen LogP contribution in [0.5, 0.6) is 0 Å². The predicted molar refractivity (Wildman–Crippen MR) is 117 cm³/mol. The van der Waals surface area contributed by atoms with Gasteiger partial charge in [-0.2, -0.15) is 0 Å². The van der Waals surface area contributed by atoms with Crippen LogP contribution < -0.4 is 5.32 Å². The Morgan fingerprint density at radius 2 is 1.90 bits per heavy atom. The van der Waals surface area contributed by atoms with E-state index in [4.69, 9.17) is 0 Å². The van der Waals surface area contributed by atoms with Crippen LogP contribution in [0.25, 0.3) is 17.0 Å². The lowest BCUT2D eigenvalue weighted by Crippen LogP contribution is -2.37. The summed E-state index contributed by atoms with van der Waals surface area (Å²) in [5.41, 5.74) is 1.42. The molecule has 3 amide bonds. The Hall–Kier alpha value is -2.91. The van der Waals surface area contributed by atoms with Crippen molar-refractivity contribution in [1.29, 1.82) is 0 Å². The molecule has 2 N–H and O–H groups in total. The Kier molecular flexibility index (Phi) is 5.74. The first-order valence-corrected chi connectivity index (χ1v) is 10.6. The van der Waals surface area contributed by atoms with Crippen molar-refractivity contribution in [2.45, 2.75) is 0 Å². The lowest BCUT2D eigenvalue weighted by atomic mass is 10.2. The van der Waals surface area contributed by atoms with E-state index < -0.39 is 17.0 Å². The van der Waals surface area contributed by atoms with Crippen LogP contribution in [0.1, 0.15) is 16.1 Å². The zero-order valence-electron chi connectivity index (χ0n) is 15.4. The van der Waals surface area contributed by atoms with Gasteiger partial charge in [0.2, 0.25) is 0 Å². The number of nitrogens with one attached hydrogen (secondary N) is 2. The van der Waals surface area contributed by atoms with Gasteiger partial charge in [0.1, 0.15) is 11.5 Å². The molecule has 6 nitrogen and oxygen atoms in total.